The number of para-hydroxylation sites is 2. The summed E-state index contributed by atoms with van der Waals surface area (Å²) in [5, 5.41) is 9.78. The third kappa shape index (κ3) is 2.46. The molecule has 2 aliphatic rings. The van der Waals surface area contributed by atoms with Gasteiger partial charge in [-0.3, -0.25) is 9.47 Å². The maximum absolute atomic E-state index is 12.4. The van der Waals surface area contributed by atoms with Crippen molar-refractivity contribution in [2.75, 3.05) is 13.1 Å². The molecular formula is C19H24N4O. The number of nitrogens with zero attached hydrogens (tertiary/aromatic N) is 3. The predicted octanol–water partition coefficient (Wildman–Crippen LogP) is 3.19. The average Bonchev–Trinajstić information content (AvgIpc) is 2.98. The normalized spacial score (nSPS) is 22.5. The number of hydrogen-bond donors (Lipinski definition) is 1. The van der Waals surface area contributed by atoms with Gasteiger partial charge < -0.3 is 4.98 Å². The molecule has 1 saturated heterocycles. The Bertz CT molecular complexity index is 814. The molecule has 1 aromatic carbocycles. The highest BCUT2D eigenvalue weighted by atomic mass is 16.1. The lowest BCUT2D eigenvalue weighted by atomic mass is 9.80. The number of imidazole rings is 1. The summed E-state index contributed by atoms with van der Waals surface area (Å²) in [5.41, 5.74) is 1.63. The van der Waals surface area contributed by atoms with Crippen LogP contribution in [0.3, 0.4) is 0 Å². The minimum atomic E-state index is -0.256. The van der Waals surface area contributed by atoms with Gasteiger partial charge in [0.2, 0.25) is 0 Å². The van der Waals surface area contributed by atoms with E-state index in [1.807, 2.05) is 28.8 Å². The van der Waals surface area contributed by atoms with Crippen LogP contribution in [0.4, 0.5) is 0 Å². The lowest BCUT2D eigenvalue weighted by Crippen LogP contribution is -2.52. The summed E-state index contributed by atoms with van der Waals surface area (Å²) in [6.45, 7) is 1.81. The number of nitrogens with one attached hydrogen (secondary N) is 1. The highest BCUT2D eigenvalue weighted by molar-refractivity contribution is 5.75. The van der Waals surface area contributed by atoms with Crippen LogP contribution in [0.5, 0.6) is 0 Å². The Balaban J connectivity index is 1.55. The Morgan fingerprint density at radius 3 is 2.54 bits per heavy atom. The van der Waals surface area contributed by atoms with Crippen molar-refractivity contribution < 1.29 is 0 Å². The fourth-order valence-corrected chi connectivity index (χ4v) is 4.62. The number of likely N-dealkylation sites (tertiary alicyclic amines) is 1. The second-order valence-corrected chi connectivity index (χ2v) is 7.24. The van der Waals surface area contributed by atoms with Crippen molar-refractivity contribution in [2.45, 2.75) is 56.5 Å². The van der Waals surface area contributed by atoms with Crippen LogP contribution in [0.25, 0.3) is 11.0 Å². The number of H-pyrrole nitrogens is 1. The quantitative estimate of drug-likeness (QED) is 0.922. The molecule has 0 bridgehead atoms. The zero-order valence-corrected chi connectivity index (χ0v) is 14.0. The van der Waals surface area contributed by atoms with Crippen molar-refractivity contribution in [3.8, 4) is 6.07 Å². The van der Waals surface area contributed by atoms with Crippen LogP contribution in [-0.4, -0.2) is 33.1 Å². The molecule has 0 spiro atoms. The van der Waals surface area contributed by atoms with Gasteiger partial charge in [0.1, 0.15) is 5.54 Å². The summed E-state index contributed by atoms with van der Waals surface area (Å²) >= 11 is 0. The van der Waals surface area contributed by atoms with Crippen LogP contribution in [0, 0.1) is 11.3 Å². The zero-order chi connectivity index (χ0) is 16.6. The van der Waals surface area contributed by atoms with E-state index in [2.05, 4.69) is 16.0 Å². The lowest BCUT2D eigenvalue weighted by Gasteiger charge is -2.45. The molecule has 2 aromatic rings. The first-order valence-corrected chi connectivity index (χ1v) is 9.09. The molecule has 0 unspecified atom stereocenters. The Kier molecular flexibility index (Phi) is 3.93. The molecule has 4 rings (SSSR count). The summed E-state index contributed by atoms with van der Waals surface area (Å²) < 4.78 is 1.92. The van der Waals surface area contributed by atoms with E-state index in [1.165, 1.54) is 6.42 Å². The van der Waals surface area contributed by atoms with Gasteiger partial charge in [-0.2, -0.15) is 5.26 Å². The van der Waals surface area contributed by atoms with Gasteiger partial charge in [0.05, 0.1) is 17.1 Å². The third-order valence-corrected chi connectivity index (χ3v) is 5.95. The van der Waals surface area contributed by atoms with Gasteiger partial charge in [0.15, 0.2) is 0 Å². The maximum Gasteiger partial charge on any atom is 0.326 e. The van der Waals surface area contributed by atoms with E-state index in [0.717, 1.165) is 62.6 Å². The van der Waals surface area contributed by atoms with E-state index in [-0.39, 0.29) is 17.3 Å². The smallest absolute Gasteiger partial charge is 0.306 e. The lowest BCUT2D eigenvalue weighted by molar-refractivity contribution is 0.0623. The molecule has 126 valence electrons. The molecular weight excluding hydrogens is 300 g/mol. The number of aromatic amines is 1. The third-order valence-electron chi connectivity index (χ3n) is 5.95. The SMILES string of the molecule is N#CC1(N2CCC(n3c(=O)[nH]c4ccccc43)CC2)CCCCC1. The van der Waals surface area contributed by atoms with Gasteiger partial charge in [-0.05, 0) is 37.8 Å². The first-order chi connectivity index (χ1) is 11.7. The topological polar surface area (TPSA) is 64.8 Å². The monoisotopic (exact) mass is 324 g/mol. The number of nitriles is 1. The largest absolute Gasteiger partial charge is 0.326 e. The summed E-state index contributed by atoms with van der Waals surface area (Å²) in [4.78, 5) is 17.7. The maximum atomic E-state index is 12.4. The van der Waals surface area contributed by atoms with Crippen LogP contribution in [0.2, 0.25) is 0 Å². The second kappa shape index (κ2) is 6.10. The molecule has 1 aliphatic heterocycles. The molecule has 1 aromatic heterocycles. The van der Waals surface area contributed by atoms with Crippen LogP contribution in [-0.2, 0) is 0 Å². The van der Waals surface area contributed by atoms with Gasteiger partial charge in [0, 0.05) is 19.1 Å². The van der Waals surface area contributed by atoms with E-state index in [9.17, 15) is 10.1 Å². The molecule has 0 atom stereocenters. The number of fused-ring (bicyclic) bond motifs is 1. The fourth-order valence-electron chi connectivity index (χ4n) is 4.62. The summed E-state index contributed by atoms with van der Waals surface area (Å²) in [7, 11) is 0. The summed E-state index contributed by atoms with van der Waals surface area (Å²) in [6.07, 6.45) is 7.45. The number of piperidine rings is 1. The number of benzene rings is 1. The van der Waals surface area contributed by atoms with E-state index >= 15 is 0 Å². The van der Waals surface area contributed by atoms with E-state index in [4.69, 9.17) is 0 Å². The van der Waals surface area contributed by atoms with Crippen molar-refractivity contribution in [2.24, 2.45) is 0 Å². The summed E-state index contributed by atoms with van der Waals surface area (Å²) in [5.74, 6) is 0. The highest BCUT2D eigenvalue weighted by Gasteiger charge is 2.40. The number of aromatic nitrogens is 2. The predicted molar refractivity (Wildman–Crippen MR) is 93.8 cm³/mol. The van der Waals surface area contributed by atoms with Crippen LogP contribution >= 0.6 is 0 Å². The van der Waals surface area contributed by atoms with Gasteiger partial charge in [-0.1, -0.05) is 31.4 Å². The summed E-state index contributed by atoms with van der Waals surface area (Å²) in [6, 6.07) is 10.7. The molecule has 2 fully saturated rings. The van der Waals surface area contributed by atoms with Gasteiger partial charge >= 0.3 is 5.69 Å². The molecule has 5 nitrogen and oxygen atoms in total. The standard InChI is InChI=1S/C19H24N4O/c20-14-19(10-4-1-5-11-19)22-12-8-15(9-13-22)23-17-7-3-2-6-16(17)21-18(23)24/h2-3,6-7,15H,1,4-5,8-13H2,(H,21,24). The molecule has 1 aliphatic carbocycles. The van der Waals surface area contributed by atoms with Gasteiger partial charge in [-0.25, -0.2) is 4.79 Å². The Morgan fingerprint density at radius 1 is 1.12 bits per heavy atom. The van der Waals surface area contributed by atoms with E-state index in [0.29, 0.717) is 0 Å². The molecule has 2 heterocycles. The van der Waals surface area contributed by atoms with Crippen molar-refractivity contribution in [1.29, 1.82) is 5.26 Å². The van der Waals surface area contributed by atoms with Crippen LogP contribution in [0.15, 0.2) is 29.1 Å². The van der Waals surface area contributed by atoms with Crippen molar-refractivity contribution in [3.63, 3.8) is 0 Å². The van der Waals surface area contributed by atoms with Crippen molar-refractivity contribution in [3.05, 3.63) is 34.7 Å². The minimum Gasteiger partial charge on any atom is -0.306 e. The molecule has 24 heavy (non-hydrogen) atoms. The second-order valence-electron chi connectivity index (χ2n) is 7.24. The Hall–Kier alpha value is -2.06. The fraction of sp³-hybridized carbons (Fsp3) is 0.579. The highest BCUT2D eigenvalue weighted by Crippen LogP contribution is 2.36. The van der Waals surface area contributed by atoms with Gasteiger partial charge in [0.25, 0.3) is 0 Å². The van der Waals surface area contributed by atoms with Crippen molar-refractivity contribution >= 4 is 11.0 Å². The first-order valence-electron chi connectivity index (χ1n) is 9.09. The van der Waals surface area contributed by atoms with E-state index in [1.54, 1.807) is 0 Å². The number of hydrogen-bond acceptors (Lipinski definition) is 3. The van der Waals surface area contributed by atoms with Crippen LogP contribution < -0.4 is 5.69 Å². The average molecular weight is 324 g/mol. The Morgan fingerprint density at radius 2 is 1.83 bits per heavy atom. The number of rotatable bonds is 2. The zero-order valence-electron chi connectivity index (χ0n) is 14.0. The molecule has 5 heteroatoms. The molecule has 0 amide bonds. The first kappa shape index (κ1) is 15.5. The molecule has 1 N–H and O–H groups in total. The van der Waals surface area contributed by atoms with E-state index < -0.39 is 0 Å². The minimum absolute atomic E-state index is 0.0117. The van der Waals surface area contributed by atoms with Crippen molar-refractivity contribution in [1.82, 2.24) is 14.5 Å². The molecule has 0 radical (unpaired) electrons. The Labute approximate surface area is 141 Å². The van der Waals surface area contributed by atoms with Gasteiger partial charge in [-0.15, -0.1) is 0 Å². The van der Waals surface area contributed by atoms with Crippen LogP contribution in [0.1, 0.15) is 51.0 Å². The molecule has 1 saturated carbocycles.